The standard InChI is InChI=1S/C15H23NOS/c1-3-12(4-2)15(17)16-9-7-13(8-10-16)14-6-5-11-18-14/h5-6,11-13H,3-4,7-10H2,1-2H3. The second-order valence-corrected chi connectivity index (χ2v) is 6.11. The number of carbonyl (C=O) groups is 1. The van der Waals surface area contributed by atoms with Crippen molar-refractivity contribution in [2.75, 3.05) is 13.1 Å². The number of likely N-dealkylation sites (tertiary alicyclic amines) is 1. The van der Waals surface area contributed by atoms with E-state index in [1.54, 1.807) is 0 Å². The van der Waals surface area contributed by atoms with Crippen LogP contribution in [0.2, 0.25) is 0 Å². The summed E-state index contributed by atoms with van der Waals surface area (Å²) in [7, 11) is 0. The second kappa shape index (κ2) is 6.37. The van der Waals surface area contributed by atoms with Gasteiger partial charge in [0, 0.05) is 23.9 Å². The molecule has 1 amide bonds. The lowest BCUT2D eigenvalue weighted by atomic mass is 9.93. The van der Waals surface area contributed by atoms with Crippen LogP contribution < -0.4 is 0 Å². The van der Waals surface area contributed by atoms with Crippen molar-refractivity contribution >= 4 is 17.2 Å². The van der Waals surface area contributed by atoms with Crippen LogP contribution in [0.25, 0.3) is 0 Å². The molecule has 1 aromatic heterocycles. The third-order valence-corrected chi connectivity index (χ3v) is 5.12. The number of hydrogen-bond acceptors (Lipinski definition) is 2. The van der Waals surface area contributed by atoms with E-state index < -0.39 is 0 Å². The quantitative estimate of drug-likeness (QED) is 0.808. The molecule has 0 radical (unpaired) electrons. The molecule has 0 N–H and O–H groups in total. The zero-order valence-electron chi connectivity index (χ0n) is 11.4. The van der Waals surface area contributed by atoms with E-state index in [1.165, 1.54) is 4.88 Å². The smallest absolute Gasteiger partial charge is 0.225 e. The van der Waals surface area contributed by atoms with Crippen molar-refractivity contribution in [1.82, 2.24) is 4.90 Å². The van der Waals surface area contributed by atoms with Gasteiger partial charge in [0.05, 0.1) is 0 Å². The van der Waals surface area contributed by atoms with Gasteiger partial charge in [-0.2, -0.15) is 0 Å². The first-order chi connectivity index (χ1) is 8.76. The summed E-state index contributed by atoms with van der Waals surface area (Å²) in [6.45, 7) is 6.12. The third kappa shape index (κ3) is 2.94. The molecule has 1 aliphatic heterocycles. The molecule has 1 aromatic rings. The summed E-state index contributed by atoms with van der Waals surface area (Å²) in [5.41, 5.74) is 0. The van der Waals surface area contributed by atoms with Gasteiger partial charge >= 0.3 is 0 Å². The Hall–Kier alpha value is -0.830. The van der Waals surface area contributed by atoms with Gasteiger partial charge < -0.3 is 4.90 Å². The zero-order chi connectivity index (χ0) is 13.0. The van der Waals surface area contributed by atoms with Crippen LogP contribution in [0.5, 0.6) is 0 Å². The fourth-order valence-electron chi connectivity index (χ4n) is 2.80. The van der Waals surface area contributed by atoms with E-state index >= 15 is 0 Å². The van der Waals surface area contributed by atoms with Gasteiger partial charge in [-0.25, -0.2) is 0 Å². The van der Waals surface area contributed by atoms with Crippen LogP contribution in [-0.4, -0.2) is 23.9 Å². The maximum absolute atomic E-state index is 12.3. The predicted molar refractivity (Wildman–Crippen MR) is 76.9 cm³/mol. The van der Waals surface area contributed by atoms with Crippen molar-refractivity contribution in [3.05, 3.63) is 22.4 Å². The Morgan fingerprint density at radius 1 is 1.39 bits per heavy atom. The lowest BCUT2D eigenvalue weighted by molar-refractivity contribution is -0.136. The number of nitrogens with zero attached hydrogens (tertiary/aromatic N) is 1. The van der Waals surface area contributed by atoms with Crippen molar-refractivity contribution in [3.8, 4) is 0 Å². The van der Waals surface area contributed by atoms with Gasteiger partial charge in [0.25, 0.3) is 0 Å². The molecule has 1 aliphatic rings. The minimum Gasteiger partial charge on any atom is -0.342 e. The summed E-state index contributed by atoms with van der Waals surface area (Å²) in [6.07, 6.45) is 4.21. The molecule has 100 valence electrons. The lowest BCUT2D eigenvalue weighted by Gasteiger charge is -2.33. The number of thiophene rings is 1. The van der Waals surface area contributed by atoms with Crippen LogP contribution in [0.1, 0.15) is 50.3 Å². The van der Waals surface area contributed by atoms with E-state index in [1.807, 2.05) is 11.3 Å². The summed E-state index contributed by atoms with van der Waals surface area (Å²) in [4.78, 5) is 15.9. The first-order valence-corrected chi connectivity index (χ1v) is 7.96. The molecule has 18 heavy (non-hydrogen) atoms. The maximum atomic E-state index is 12.3. The van der Waals surface area contributed by atoms with Crippen LogP contribution in [0.4, 0.5) is 0 Å². The van der Waals surface area contributed by atoms with Gasteiger partial charge in [0.2, 0.25) is 5.91 Å². The highest BCUT2D eigenvalue weighted by Gasteiger charge is 2.27. The van der Waals surface area contributed by atoms with Crippen LogP contribution in [-0.2, 0) is 4.79 Å². The van der Waals surface area contributed by atoms with Gasteiger partial charge in [0.1, 0.15) is 0 Å². The van der Waals surface area contributed by atoms with Crippen LogP contribution in [0, 0.1) is 5.92 Å². The van der Waals surface area contributed by atoms with Crippen LogP contribution in [0.3, 0.4) is 0 Å². The van der Waals surface area contributed by atoms with Gasteiger partial charge in [-0.05, 0) is 43.0 Å². The molecule has 2 heterocycles. The molecule has 0 spiro atoms. The average molecular weight is 265 g/mol. The predicted octanol–water partition coefficient (Wildman–Crippen LogP) is 3.89. The molecule has 0 aromatic carbocycles. The summed E-state index contributed by atoms with van der Waals surface area (Å²) in [5, 5.41) is 2.15. The summed E-state index contributed by atoms with van der Waals surface area (Å²) in [5.74, 6) is 1.30. The third-order valence-electron chi connectivity index (χ3n) is 4.09. The molecule has 0 saturated carbocycles. The van der Waals surface area contributed by atoms with Crippen molar-refractivity contribution in [3.63, 3.8) is 0 Å². The number of hydrogen-bond donors (Lipinski definition) is 0. The average Bonchev–Trinajstić information content (AvgIpc) is 2.94. The molecule has 2 rings (SSSR count). The Bertz CT molecular complexity index is 362. The summed E-state index contributed by atoms with van der Waals surface area (Å²) < 4.78 is 0. The lowest BCUT2D eigenvalue weighted by Crippen LogP contribution is -2.41. The summed E-state index contributed by atoms with van der Waals surface area (Å²) in [6, 6.07) is 4.36. The van der Waals surface area contributed by atoms with E-state index in [0.29, 0.717) is 11.8 Å². The van der Waals surface area contributed by atoms with Crippen LogP contribution in [0.15, 0.2) is 17.5 Å². The molecule has 0 unspecified atom stereocenters. The van der Waals surface area contributed by atoms with Gasteiger partial charge in [-0.15, -0.1) is 11.3 Å². The Morgan fingerprint density at radius 2 is 2.06 bits per heavy atom. The number of piperidine rings is 1. The van der Waals surface area contributed by atoms with Crippen molar-refractivity contribution in [2.24, 2.45) is 5.92 Å². The summed E-state index contributed by atoms with van der Waals surface area (Å²) >= 11 is 1.85. The number of carbonyl (C=O) groups excluding carboxylic acids is 1. The topological polar surface area (TPSA) is 20.3 Å². The molecule has 1 fully saturated rings. The van der Waals surface area contributed by atoms with E-state index in [-0.39, 0.29) is 5.92 Å². The Balaban J connectivity index is 1.88. The molecular weight excluding hydrogens is 242 g/mol. The molecule has 0 aliphatic carbocycles. The van der Waals surface area contributed by atoms with E-state index in [4.69, 9.17) is 0 Å². The molecule has 0 atom stereocenters. The number of amides is 1. The molecule has 0 bridgehead atoms. The molecule has 2 nitrogen and oxygen atoms in total. The van der Waals surface area contributed by atoms with E-state index in [0.717, 1.165) is 38.8 Å². The largest absolute Gasteiger partial charge is 0.342 e. The first kappa shape index (κ1) is 13.6. The zero-order valence-corrected chi connectivity index (χ0v) is 12.2. The first-order valence-electron chi connectivity index (χ1n) is 7.08. The van der Waals surface area contributed by atoms with E-state index in [9.17, 15) is 4.79 Å². The Morgan fingerprint density at radius 3 is 2.56 bits per heavy atom. The van der Waals surface area contributed by atoms with E-state index in [2.05, 4.69) is 36.3 Å². The SMILES string of the molecule is CCC(CC)C(=O)N1CCC(c2cccs2)CC1. The second-order valence-electron chi connectivity index (χ2n) is 5.13. The fraction of sp³-hybridized carbons (Fsp3) is 0.667. The fourth-order valence-corrected chi connectivity index (χ4v) is 3.70. The van der Waals surface area contributed by atoms with Gasteiger partial charge in [-0.1, -0.05) is 19.9 Å². The highest BCUT2D eigenvalue weighted by molar-refractivity contribution is 7.10. The minimum absolute atomic E-state index is 0.239. The highest BCUT2D eigenvalue weighted by atomic mass is 32.1. The molecule has 1 saturated heterocycles. The Kier molecular flexibility index (Phi) is 4.81. The number of rotatable bonds is 4. The maximum Gasteiger partial charge on any atom is 0.225 e. The highest BCUT2D eigenvalue weighted by Crippen LogP contribution is 2.31. The van der Waals surface area contributed by atoms with Gasteiger partial charge in [0.15, 0.2) is 0 Å². The normalized spacial score (nSPS) is 17.4. The molecular formula is C15H23NOS. The molecule has 3 heteroatoms. The van der Waals surface area contributed by atoms with Gasteiger partial charge in [-0.3, -0.25) is 4.79 Å². The minimum atomic E-state index is 0.239. The van der Waals surface area contributed by atoms with Crippen molar-refractivity contribution in [2.45, 2.75) is 45.4 Å². The van der Waals surface area contributed by atoms with Crippen molar-refractivity contribution < 1.29 is 4.79 Å². The Labute approximate surface area is 114 Å². The monoisotopic (exact) mass is 265 g/mol. The van der Waals surface area contributed by atoms with Crippen molar-refractivity contribution in [1.29, 1.82) is 0 Å². The van der Waals surface area contributed by atoms with Crippen LogP contribution >= 0.6 is 11.3 Å².